The van der Waals surface area contributed by atoms with Crippen LogP contribution in [0.2, 0.25) is 0 Å². The molecule has 4 bridgehead atoms. The van der Waals surface area contributed by atoms with Crippen molar-refractivity contribution >= 4 is 5.91 Å². The molecular formula is C16H28N2O. The van der Waals surface area contributed by atoms with Crippen molar-refractivity contribution in [2.75, 3.05) is 13.1 Å². The second-order valence-electron chi connectivity index (χ2n) is 7.60. The van der Waals surface area contributed by atoms with Crippen LogP contribution in [0.3, 0.4) is 0 Å². The Balaban J connectivity index is 1.51. The molecule has 0 saturated heterocycles. The summed E-state index contributed by atoms with van der Waals surface area (Å²) in [5.74, 6) is 3.10. The molecule has 4 aliphatic carbocycles. The molecule has 1 atom stereocenters. The van der Waals surface area contributed by atoms with Gasteiger partial charge in [0.15, 0.2) is 0 Å². The van der Waals surface area contributed by atoms with E-state index in [4.69, 9.17) is 5.73 Å². The fourth-order valence-corrected chi connectivity index (χ4v) is 5.33. The minimum absolute atomic E-state index is 0.0450. The maximum atomic E-state index is 11.8. The summed E-state index contributed by atoms with van der Waals surface area (Å²) in [4.78, 5) is 11.8. The lowest BCUT2D eigenvalue weighted by atomic mass is 9.49. The molecule has 1 unspecified atom stereocenters. The second kappa shape index (κ2) is 5.08. The van der Waals surface area contributed by atoms with Crippen LogP contribution in [0.4, 0.5) is 0 Å². The number of amides is 1. The Morgan fingerprint density at radius 2 is 1.74 bits per heavy atom. The van der Waals surface area contributed by atoms with Gasteiger partial charge in [0, 0.05) is 19.0 Å². The van der Waals surface area contributed by atoms with Gasteiger partial charge < -0.3 is 11.1 Å². The molecule has 3 nitrogen and oxygen atoms in total. The number of hydrogen-bond donors (Lipinski definition) is 2. The maximum Gasteiger partial charge on any atom is 0.224 e. The average molecular weight is 264 g/mol. The molecule has 0 aromatic carbocycles. The third-order valence-corrected chi connectivity index (χ3v) is 5.92. The summed E-state index contributed by atoms with van der Waals surface area (Å²) in [5.41, 5.74) is 6.11. The fourth-order valence-electron chi connectivity index (χ4n) is 5.33. The molecule has 0 spiro atoms. The topological polar surface area (TPSA) is 55.1 Å². The van der Waals surface area contributed by atoms with E-state index in [2.05, 4.69) is 5.32 Å². The molecule has 4 fully saturated rings. The average Bonchev–Trinajstić information content (AvgIpc) is 2.35. The van der Waals surface area contributed by atoms with Crippen molar-refractivity contribution in [1.29, 1.82) is 0 Å². The zero-order chi connectivity index (χ0) is 13.5. The Kier molecular flexibility index (Phi) is 3.59. The van der Waals surface area contributed by atoms with Gasteiger partial charge in [0.2, 0.25) is 5.91 Å². The summed E-state index contributed by atoms with van der Waals surface area (Å²) >= 11 is 0. The van der Waals surface area contributed by atoms with E-state index in [1.165, 1.54) is 44.9 Å². The molecule has 0 aromatic heterocycles. The van der Waals surface area contributed by atoms with Crippen LogP contribution in [0.15, 0.2) is 0 Å². The first-order valence-electron chi connectivity index (χ1n) is 8.08. The van der Waals surface area contributed by atoms with E-state index < -0.39 is 0 Å². The SMILES string of the molecule is CC(CN)C(=O)NCCC12CC3CC(CC(C3)C1)C2. The predicted molar refractivity (Wildman–Crippen MR) is 76.5 cm³/mol. The molecule has 108 valence electrons. The van der Waals surface area contributed by atoms with Crippen LogP contribution in [-0.2, 0) is 4.79 Å². The van der Waals surface area contributed by atoms with Crippen LogP contribution in [-0.4, -0.2) is 19.0 Å². The molecule has 3 N–H and O–H groups in total. The Labute approximate surface area is 116 Å². The van der Waals surface area contributed by atoms with E-state index in [-0.39, 0.29) is 11.8 Å². The van der Waals surface area contributed by atoms with Gasteiger partial charge in [-0.2, -0.15) is 0 Å². The standard InChI is InChI=1S/C16H28N2O/c1-11(10-17)15(19)18-3-2-16-7-12-4-13(8-16)6-14(5-12)9-16/h11-14H,2-10,17H2,1H3,(H,18,19). The zero-order valence-electron chi connectivity index (χ0n) is 12.2. The van der Waals surface area contributed by atoms with Crippen LogP contribution in [0, 0.1) is 29.1 Å². The fraction of sp³-hybridized carbons (Fsp3) is 0.938. The summed E-state index contributed by atoms with van der Waals surface area (Å²) in [6.07, 6.45) is 9.98. The van der Waals surface area contributed by atoms with Gasteiger partial charge in [-0.25, -0.2) is 0 Å². The number of rotatable bonds is 5. The van der Waals surface area contributed by atoms with E-state index in [1.807, 2.05) is 6.92 Å². The van der Waals surface area contributed by atoms with Gasteiger partial charge in [-0.15, -0.1) is 0 Å². The summed E-state index contributed by atoms with van der Waals surface area (Å²) in [7, 11) is 0. The molecule has 0 aromatic rings. The van der Waals surface area contributed by atoms with Crippen molar-refractivity contribution < 1.29 is 4.79 Å². The molecule has 0 radical (unpaired) electrons. The Bertz CT molecular complexity index is 317. The van der Waals surface area contributed by atoms with Gasteiger partial charge in [0.05, 0.1) is 0 Å². The first-order valence-corrected chi connectivity index (χ1v) is 8.08. The smallest absolute Gasteiger partial charge is 0.224 e. The van der Waals surface area contributed by atoms with E-state index in [9.17, 15) is 4.79 Å². The summed E-state index contributed by atoms with van der Waals surface area (Å²) in [6, 6.07) is 0. The van der Waals surface area contributed by atoms with Crippen molar-refractivity contribution in [2.45, 2.75) is 51.9 Å². The molecule has 0 aliphatic heterocycles. The first kappa shape index (κ1) is 13.4. The quantitative estimate of drug-likeness (QED) is 0.800. The van der Waals surface area contributed by atoms with Crippen molar-refractivity contribution in [3.05, 3.63) is 0 Å². The second-order valence-corrected chi connectivity index (χ2v) is 7.60. The Morgan fingerprint density at radius 3 is 2.21 bits per heavy atom. The number of hydrogen-bond acceptors (Lipinski definition) is 2. The Morgan fingerprint density at radius 1 is 1.21 bits per heavy atom. The lowest BCUT2D eigenvalue weighted by molar-refractivity contribution is -0.124. The molecule has 0 heterocycles. The highest BCUT2D eigenvalue weighted by Gasteiger charge is 2.50. The monoisotopic (exact) mass is 264 g/mol. The van der Waals surface area contributed by atoms with Gasteiger partial charge >= 0.3 is 0 Å². The molecule has 4 saturated carbocycles. The van der Waals surface area contributed by atoms with E-state index in [0.717, 1.165) is 24.3 Å². The number of nitrogens with one attached hydrogen (secondary N) is 1. The van der Waals surface area contributed by atoms with E-state index >= 15 is 0 Å². The minimum Gasteiger partial charge on any atom is -0.356 e. The molecule has 1 amide bonds. The third-order valence-electron chi connectivity index (χ3n) is 5.92. The number of carbonyl (C=O) groups is 1. The lowest BCUT2D eigenvalue weighted by Gasteiger charge is -2.57. The molecule has 3 heteroatoms. The number of carbonyl (C=O) groups excluding carboxylic acids is 1. The van der Waals surface area contributed by atoms with Crippen LogP contribution in [0.1, 0.15) is 51.9 Å². The van der Waals surface area contributed by atoms with Crippen molar-refractivity contribution in [1.82, 2.24) is 5.32 Å². The Hall–Kier alpha value is -0.570. The van der Waals surface area contributed by atoms with Crippen LogP contribution >= 0.6 is 0 Å². The summed E-state index contributed by atoms with van der Waals surface area (Å²) < 4.78 is 0. The van der Waals surface area contributed by atoms with Crippen molar-refractivity contribution in [3.8, 4) is 0 Å². The first-order chi connectivity index (χ1) is 9.10. The minimum atomic E-state index is -0.0450. The molecule has 19 heavy (non-hydrogen) atoms. The van der Waals surface area contributed by atoms with E-state index in [1.54, 1.807) is 0 Å². The van der Waals surface area contributed by atoms with Gasteiger partial charge in [0.25, 0.3) is 0 Å². The normalized spacial score (nSPS) is 41.3. The molecular weight excluding hydrogens is 236 g/mol. The van der Waals surface area contributed by atoms with Gasteiger partial charge in [-0.1, -0.05) is 6.92 Å². The summed E-state index contributed by atoms with van der Waals surface area (Å²) in [5, 5.41) is 3.09. The highest BCUT2D eigenvalue weighted by Crippen LogP contribution is 2.61. The van der Waals surface area contributed by atoms with Crippen LogP contribution in [0.25, 0.3) is 0 Å². The summed E-state index contributed by atoms with van der Waals surface area (Å²) in [6.45, 7) is 3.21. The maximum absolute atomic E-state index is 11.8. The lowest BCUT2D eigenvalue weighted by Crippen LogP contribution is -2.47. The highest BCUT2D eigenvalue weighted by molar-refractivity contribution is 5.78. The van der Waals surface area contributed by atoms with E-state index in [0.29, 0.717) is 12.0 Å². The third kappa shape index (κ3) is 2.67. The van der Waals surface area contributed by atoms with Crippen molar-refractivity contribution in [3.63, 3.8) is 0 Å². The van der Waals surface area contributed by atoms with Gasteiger partial charge in [-0.05, 0) is 68.1 Å². The van der Waals surface area contributed by atoms with Gasteiger partial charge in [0.1, 0.15) is 0 Å². The van der Waals surface area contributed by atoms with Crippen LogP contribution < -0.4 is 11.1 Å². The molecule has 4 rings (SSSR count). The van der Waals surface area contributed by atoms with Crippen molar-refractivity contribution in [2.24, 2.45) is 34.8 Å². The predicted octanol–water partition coefficient (Wildman–Crippen LogP) is 2.30. The van der Waals surface area contributed by atoms with Gasteiger partial charge in [-0.3, -0.25) is 4.79 Å². The molecule has 4 aliphatic rings. The zero-order valence-corrected chi connectivity index (χ0v) is 12.2. The highest BCUT2D eigenvalue weighted by atomic mass is 16.1. The largest absolute Gasteiger partial charge is 0.356 e. The number of nitrogens with two attached hydrogens (primary N) is 1. The van der Waals surface area contributed by atoms with Crippen LogP contribution in [0.5, 0.6) is 0 Å².